The third kappa shape index (κ3) is 3.69. The Balaban J connectivity index is 2.07. The number of pyridine rings is 1. The number of hydrazine groups is 1. The van der Waals surface area contributed by atoms with Gasteiger partial charge in [0.2, 0.25) is 0 Å². The van der Waals surface area contributed by atoms with Crippen molar-refractivity contribution in [3.63, 3.8) is 0 Å². The zero-order valence-corrected chi connectivity index (χ0v) is 11.7. The number of aromatic nitrogens is 1. The van der Waals surface area contributed by atoms with Crippen molar-refractivity contribution < 1.29 is 4.79 Å². The lowest BCUT2D eigenvalue weighted by atomic mass is 10.1. The van der Waals surface area contributed by atoms with Gasteiger partial charge in [0.1, 0.15) is 11.0 Å². The van der Waals surface area contributed by atoms with Crippen LogP contribution in [0.4, 0.5) is 5.82 Å². The maximum Gasteiger partial charge on any atom is 0.251 e. The fraction of sp³-hybridized carbons (Fsp3) is 0.143. The van der Waals surface area contributed by atoms with Gasteiger partial charge in [-0.15, -0.1) is 0 Å². The molecule has 1 aromatic heterocycles. The minimum Gasteiger partial charge on any atom is -0.348 e. The summed E-state index contributed by atoms with van der Waals surface area (Å²) in [5, 5.41) is 3.04. The SMILES string of the molecule is Cc1cccc(CNC(=O)c2cc(Cl)nc(NN)c2)c1. The number of nitrogens with zero attached hydrogens (tertiary/aromatic N) is 1. The Morgan fingerprint density at radius 2 is 2.15 bits per heavy atom. The van der Waals surface area contributed by atoms with E-state index in [-0.39, 0.29) is 11.1 Å². The summed E-state index contributed by atoms with van der Waals surface area (Å²) in [6.45, 7) is 2.46. The number of nitrogens with one attached hydrogen (secondary N) is 2. The molecule has 0 radical (unpaired) electrons. The Morgan fingerprint density at radius 1 is 1.35 bits per heavy atom. The van der Waals surface area contributed by atoms with E-state index >= 15 is 0 Å². The van der Waals surface area contributed by atoms with Gasteiger partial charge < -0.3 is 10.7 Å². The summed E-state index contributed by atoms with van der Waals surface area (Å²) in [5.74, 6) is 5.38. The molecule has 1 heterocycles. The number of aryl methyl sites for hydroxylation is 1. The highest BCUT2D eigenvalue weighted by molar-refractivity contribution is 6.29. The van der Waals surface area contributed by atoms with Crippen LogP contribution in [0.3, 0.4) is 0 Å². The first-order valence-corrected chi connectivity index (χ1v) is 6.44. The predicted octanol–water partition coefficient (Wildman–Crippen LogP) is 2.26. The topological polar surface area (TPSA) is 80.0 Å². The summed E-state index contributed by atoms with van der Waals surface area (Å²) in [4.78, 5) is 16.0. The fourth-order valence-electron chi connectivity index (χ4n) is 1.81. The van der Waals surface area contributed by atoms with Crippen molar-refractivity contribution in [2.75, 3.05) is 5.43 Å². The van der Waals surface area contributed by atoms with Gasteiger partial charge >= 0.3 is 0 Å². The Morgan fingerprint density at radius 3 is 2.85 bits per heavy atom. The van der Waals surface area contributed by atoms with E-state index in [1.165, 1.54) is 12.1 Å². The molecule has 1 aromatic carbocycles. The Labute approximate surface area is 122 Å². The van der Waals surface area contributed by atoms with Gasteiger partial charge in [0.15, 0.2) is 0 Å². The monoisotopic (exact) mass is 290 g/mol. The number of rotatable bonds is 4. The molecule has 0 spiro atoms. The van der Waals surface area contributed by atoms with Crippen LogP contribution < -0.4 is 16.6 Å². The molecule has 0 aliphatic heterocycles. The predicted molar refractivity (Wildman–Crippen MR) is 79.4 cm³/mol. The second kappa shape index (κ2) is 6.36. The standard InChI is InChI=1S/C14H15ClN4O/c1-9-3-2-4-10(5-9)8-17-14(20)11-6-12(15)18-13(7-11)19-16/h2-7H,8,16H2,1H3,(H,17,20)(H,18,19). The molecule has 1 amide bonds. The smallest absolute Gasteiger partial charge is 0.251 e. The summed E-state index contributed by atoms with van der Waals surface area (Å²) in [6, 6.07) is 11.0. The first-order chi connectivity index (χ1) is 9.58. The molecule has 0 aliphatic rings. The lowest BCUT2D eigenvalue weighted by molar-refractivity contribution is 0.0951. The largest absolute Gasteiger partial charge is 0.348 e. The van der Waals surface area contributed by atoms with Crippen LogP contribution in [0.15, 0.2) is 36.4 Å². The number of hydrogen-bond donors (Lipinski definition) is 3. The van der Waals surface area contributed by atoms with Crippen molar-refractivity contribution in [3.8, 4) is 0 Å². The van der Waals surface area contributed by atoms with Crippen LogP contribution in [-0.4, -0.2) is 10.9 Å². The quantitative estimate of drug-likeness (QED) is 0.458. The minimum atomic E-state index is -0.229. The summed E-state index contributed by atoms with van der Waals surface area (Å²) in [6.07, 6.45) is 0. The number of hydrogen-bond acceptors (Lipinski definition) is 4. The van der Waals surface area contributed by atoms with Gasteiger partial charge in [0, 0.05) is 12.1 Å². The van der Waals surface area contributed by atoms with Crippen LogP contribution in [0, 0.1) is 6.92 Å². The van der Waals surface area contributed by atoms with Crippen molar-refractivity contribution in [1.29, 1.82) is 0 Å². The molecule has 0 saturated carbocycles. The second-order valence-corrected chi connectivity index (χ2v) is 4.77. The number of carbonyl (C=O) groups is 1. The van der Waals surface area contributed by atoms with Gasteiger partial charge in [0.05, 0.1) is 0 Å². The Bertz CT molecular complexity index is 630. The maximum absolute atomic E-state index is 12.1. The van der Waals surface area contributed by atoms with Crippen molar-refractivity contribution in [2.45, 2.75) is 13.5 Å². The molecule has 0 aliphatic carbocycles. The van der Waals surface area contributed by atoms with E-state index in [0.29, 0.717) is 17.9 Å². The molecule has 0 fully saturated rings. The second-order valence-electron chi connectivity index (χ2n) is 4.38. The molecule has 5 nitrogen and oxygen atoms in total. The number of anilines is 1. The third-order valence-electron chi connectivity index (χ3n) is 2.74. The number of carbonyl (C=O) groups excluding carboxylic acids is 1. The van der Waals surface area contributed by atoms with Gasteiger partial charge in [-0.2, -0.15) is 0 Å². The summed E-state index contributed by atoms with van der Waals surface area (Å²) >= 11 is 5.82. The average molecular weight is 291 g/mol. The van der Waals surface area contributed by atoms with Crippen molar-refractivity contribution in [2.24, 2.45) is 5.84 Å². The zero-order chi connectivity index (χ0) is 14.5. The number of benzene rings is 1. The molecule has 0 bridgehead atoms. The molecule has 20 heavy (non-hydrogen) atoms. The number of halogens is 1. The average Bonchev–Trinajstić information content (AvgIpc) is 2.44. The van der Waals surface area contributed by atoms with Gasteiger partial charge in [-0.3, -0.25) is 4.79 Å². The van der Waals surface area contributed by atoms with Crippen LogP contribution in [-0.2, 0) is 6.54 Å². The first kappa shape index (κ1) is 14.3. The summed E-state index contributed by atoms with van der Waals surface area (Å²) < 4.78 is 0. The fourth-order valence-corrected chi connectivity index (χ4v) is 2.02. The molecule has 0 saturated heterocycles. The molecule has 0 atom stereocenters. The van der Waals surface area contributed by atoms with E-state index in [2.05, 4.69) is 15.7 Å². The van der Waals surface area contributed by atoms with Gasteiger partial charge in [-0.1, -0.05) is 41.4 Å². The van der Waals surface area contributed by atoms with Gasteiger partial charge in [0.25, 0.3) is 5.91 Å². The van der Waals surface area contributed by atoms with Crippen LogP contribution in [0.25, 0.3) is 0 Å². The Kier molecular flexibility index (Phi) is 4.55. The Hall–Kier alpha value is -2.11. The lowest BCUT2D eigenvalue weighted by Crippen LogP contribution is -2.23. The number of nitrogen functional groups attached to an aromatic ring is 1. The summed E-state index contributed by atoms with van der Waals surface area (Å²) in [5.41, 5.74) is 4.97. The van der Waals surface area contributed by atoms with Crippen LogP contribution in [0.1, 0.15) is 21.5 Å². The van der Waals surface area contributed by atoms with E-state index in [0.717, 1.165) is 11.1 Å². The van der Waals surface area contributed by atoms with Crippen LogP contribution in [0.5, 0.6) is 0 Å². The molecule has 4 N–H and O–H groups in total. The molecular formula is C14H15ClN4O. The van der Waals surface area contributed by atoms with Crippen molar-refractivity contribution in [1.82, 2.24) is 10.3 Å². The van der Waals surface area contributed by atoms with E-state index in [9.17, 15) is 4.79 Å². The highest BCUT2D eigenvalue weighted by Crippen LogP contribution is 2.14. The van der Waals surface area contributed by atoms with E-state index in [1.807, 2.05) is 31.2 Å². The van der Waals surface area contributed by atoms with E-state index < -0.39 is 0 Å². The van der Waals surface area contributed by atoms with Crippen molar-refractivity contribution in [3.05, 3.63) is 58.2 Å². The zero-order valence-electron chi connectivity index (χ0n) is 11.0. The molecule has 104 valence electrons. The normalized spacial score (nSPS) is 10.2. The first-order valence-electron chi connectivity index (χ1n) is 6.06. The molecule has 0 unspecified atom stereocenters. The lowest BCUT2D eigenvalue weighted by Gasteiger charge is -2.08. The van der Waals surface area contributed by atoms with E-state index in [1.54, 1.807) is 0 Å². The highest BCUT2D eigenvalue weighted by Gasteiger charge is 2.08. The molecule has 2 aromatic rings. The molecule has 2 rings (SSSR count). The summed E-state index contributed by atoms with van der Waals surface area (Å²) in [7, 11) is 0. The van der Waals surface area contributed by atoms with Gasteiger partial charge in [-0.25, -0.2) is 10.8 Å². The number of nitrogens with two attached hydrogens (primary N) is 1. The number of amides is 1. The maximum atomic E-state index is 12.1. The van der Waals surface area contributed by atoms with E-state index in [4.69, 9.17) is 17.4 Å². The third-order valence-corrected chi connectivity index (χ3v) is 2.93. The van der Waals surface area contributed by atoms with Gasteiger partial charge in [-0.05, 0) is 24.6 Å². The molecular weight excluding hydrogens is 276 g/mol. The van der Waals surface area contributed by atoms with Crippen molar-refractivity contribution >= 4 is 23.3 Å². The van der Waals surface area contributed by atoms with Crippen LogP contribution in [0.2, 0.25) is 5.15 Å². The minimum absolute atomic E-state index is 0.209. The highest BCUT2D eigenvalue weighted by atomic mass is 35.5. The molecule has 6 heteroatoms. The van der Waals surface area contributed by atoms with Crippen LogP contribution >= 0.6 is 11.6 Å².